The van der Waals surface area contributed by atoms with Crippen LogP contribution in [0, 0.1) is 5.92 Å². The zero-order valence-electron chi connectivity index (χ0n) is 13.3. The van der Waals surface area contributed by atoms with Crippen molar-refractivity contribution in [1.82, 2.24) is 10.2 Å². The highest BCUT2D eigenvalue weighted by Crippen LogP contribution is 2.15. The van der Waals surface area contributed by atoms with Gasteiger partial charge in [0.15, 0.2) is 0 Å². The molecule has 0 aromatic heterocycles. The van der Waals surface area contributed by atoms with Gasteiger partial charge in [-0.05, 0) is 12.8 Å². The number of unbranched alkanes of at least 4 members (excludes halogenated alkanes) is 2. The Morgan fingerprint density at radius 2 is 1.67 bits per heavy atom. The van der Waals surface area contributed by atoms with Gasteiger partial charge in [0, 0.05) is 26.2 Å². The van der Waals surface area contributed by atoms with Crippen LogP contribution in [0.1, 0.15) is 52.4 Å². The van der Waals surface area contributed by atoms with E-state index in [1.165, 1.54) is 11.3 Å². The second kappa shape index (κ2) is 12.4. The molecule has 6 heteroatoms. The zero-order chi connectivity index (χ0) is 16.1. The molecular weight excluding hydrogens is 272 g/mol. The molecule has 0 spiro atoms. The van der Waals surface area contributed by atoms with Crippen molar-refractivity contribution in [2.24, 2.45) is 5.92 Å². The molecule has 6 nitrogen and oxygen atoms in total. The predicted molar refractivity (Wildman–Crippen MR) is 82.6 cm³/mol. The third-order valence-electron chi connectivity index (χ3n) is 3.53. The standard InChI is InChI=1S/C10H20O2.C5H10N2O2/c1-3-5-6-8-9(7-4-2)10(11)12;8-5(9)7-3-1-6-2-4-7/h9H,3-8H2,1-2H3,(H,11,12);6H,1-4H2,(H,8,9). The van der Waals surface area contributed by atoms with Crippen LogP contribution in [-0.4, -0.2) is 53.4 Å². The first-order valence-electron chi connectivity index (χ1n) is 7.94. The largest absolute Gasteiger partial charge is 0.481 e. The number of carboxylic acid groups (broad SMARTS) is 2. The first kappa shape index (κ1) is 19.7. The summed E-state index contributed by atoms with van der Waals surface area (Å²) in [4.78, 5) is 22.3. The van der Waals surface area contributed by atoms with Crippen molar-refractivity contribution in [2.45, 2.75) is 52.4 Å². The van der Waals surface area contributed by atoms with E-state index in [9.17, 15) is 9.59 Å². The van der Waals surface area contributed by atoms with Gasteiger partial charge in [-0.25, -0.2) is 4.79 Å². The van der Waals surface area contributed by atoms with E-state index < -0.39 is 12.1 Å². The lowest BCUT2D eigenvalue weighted by Crippen LogP contribution is -2.45. The highest BCUT2D eigenvalue weighted by Gasteiger charge is 2.15. The number of piperazine rings is 1. The highest BCUT2D eigenvalue weighted by molar-refractivity contribution is 5.69. The number of carbonyl (C=O) groups is 2. The molecule has 0 aromatic carbocycles. The topological polar surface area (TPSA) is 89.9 Å². The number of hydrogen-bond acceptors (Lipinski definition) is 3. The fourth-order valence-electron chi connectivity index (χ4n) is 2.24. The third kappa shape index (κ3) is 10.1. The Balaban J connectivity index is 0.000000394. The molecule has 1 amide bonds. The number of rotatable bonds is 7. The van der Waals surface area contributed by atoms with E-state index in [0.717, 1.165) is 45.2 Å². The van der Waals surface area contributed by atoms with Crippen LogP contribution < -0.4 is 5.32 Å². The molecule has 1 heterocycles. The van der Waals surface area contributed by atoms with Gasteiger partial charge in [-0.3, -0.25) is 4.79 Å². The number of hydrogen-bond donors (Lipinski definition) is 3. The van der Waals surface area contributed by atoms with E-state index in [1.807, 2.05) is 6.92 Å². The molecule has 0 saturated carbocycles. The number of nitrogens with zero attached hydrogens (tertiary/aromatic N) is 1. The van der Waals surface area contributed by atoms with E-state index in [1.54, 1.807) is 0 Å². The number of aliphatic carboxylic acids is 1. The van der Waals surface area contributed by atoms with Crippen LogP contribution in [0.2, 0.25) is 0 Å². The van der Waals surface area contributed by atoms with Crippen molar-refractivity contribution >= 4 is 12.1 Å². The third-order valence-corrected chi connectivity index (χ3v) is 3.53. The van der Waals surface area contributed by atoms with E-state index in [0.29, 0.717) is 13.1 Å². The fourth-order valence-corrected chi connectivity index (χ4v) is 2.24. The summed E-state index contributed by atoms with van der Waals surface area (Å²) in [6.45, 7) is 6.98. The van der Waals surface area contributed by atoms with Crippen LogP contribution in [0.3, 0.4) is 0 Å². The van der Waals surface area contributed by atoms with Crippen molar-refractivity contribution in [3.05, 3.63) is 0 Å². The van der Waals surface area contributed by atoms with E-state index in [2.05, 4.69) is 12.2 Å². The van der Waals surface area contributed by atoms with Gasteiger partial charge in [0.2, 0.25) is 0 Å². The first-order valence-corrected chi connectivity index (χ1v) is 7.94. The lowest BCUT2D eigenvalue weighted by Gasteiger charge is -2.23. The Labute approximate surface area is 127 Å². The molecule has 124 valence electrons. The lowest BCUT2D eigenvalue weighted by molar-refractivity contribution is -0.142. The maximum atomic E-state index is 10.7. The number of carboxylic acids is 1. The van der Waals surface area contributed by atoms with E-state index >= 15 is 0 Å². The molecule has 1 aliphatic rings. The van der Waals surface area contributed by atoms with Crippen molar-refractivity contribution in [3.8, 4) is 0 Å². The van der Waals surface area contributed by atoms with Gasteiger partial charge in [0.25, 0.3) is 0 Å². The van der Waals surface area contributed by atoms with E-state index in [4.69, 9.17) is 10.2 Å². The summed E-state index contributed by atoms with van der Waals surface area (Å²) >= 11 is 0. The second-order valence-corrected chi connectivity index (χ2v) is 5.34. The van der Waals surface area contributed by atoms with Gasteiger partial charge >= 0.3 is 12.1 Å². The normalized spacial score (nSPS) is 15.8. The van der Waals surface area contributed by atoms with Crippen molar-refractivity contribution in [3.63, 3.8) is 0 Å². The Kier molecular flexibility index (Phi) is 11.7. The van der Waals surface area contributed by atoms with Crippen molar-refractivity contribution in [1.29, 1.82) is 0 Å². The molecule has 1 unspecified atom stereocenters. The molecule has 3 N–H and O–H groups in total. The number of nitrogens with one attached hydrogen (secondary N) is 1. The van der Waals surface area contributed by atoms with Crippen molar-refractivity contribution in [2.75, 3.05) is 26.2 Å². The monoisotopic (exact) mass is 302 g/mol. The van der Waals surface area contributed by atoms with Gasteiger partial charge in [-0.2, -0.15) is 0 Å². The summed E-state index contributed by atoms with van der Waals surface area (Å²) in [6, 6.07) is 0. The Morgan fingerprint density at radius 3 is 2.05 bits per heavy atom. The quantitative estimate of drug-likeness (QED) is 0.629. The van der Waals surface area contributed by atoms with Crippen LogP contribution in [0.4, 0.5) is 4.79 Å². The predicted octanol–water partition coefficient (Wildman–Crippen LogP) is 2.64. The molecule has 21 heavy (non-hydrogen) atoms. The van der Waals surface area contributed by atoms with Crippen LogP contribution in [0.15, 0.2) is 0 Å². The summed E-state index contributed by atoms with van der Waals surface area (Å²) in [7, 11) is 0. The van der Waals surface area contributed by atoms with Crippen molar-refractivity contribution < 1.29 is 19.8 Å². The minimum absolute atomic E-state index is 0.0958. The summed E-state index contributed by atoms with van der Waals surface area (Å²) in [5, 5.41) is 20.3. The number of amides is 1. The van der Waals surface area contributed by atoms with Gasteiger partial charge < -0.3 is 20.4 Å². The van der Waals surface area contributed by atoms with E-state index in [-0.39, 0.29) is 5.92 Å². The molecule has 0 bridgehead atoms. The summed E-state index contributed by atoms with van der Waals surface area (Å²) < 4.78 is 0. The molecule has 1 fully saturated rings. The lowest BCUT2D eigenvalue weighted by atomic mass is 9.97. The average molecular weight is 302 g/mol. The van der Waals surface area contributed by atoms with Gasteiger partial charge in [0.05, 0.1) is 5.92 Å². The molecular formula is C15H30N2O4. The second-order valence-electron chi connectivity index (χ2n) is 5.34. The Hall–Kier alpha value is -1.30. The smallest absolute Gasteiger partial charge is 0.407 e. The Morgan fingerprint density at radius 1 is 1.05 bits per heavy atom. The molecule has 1 aliphatic heterocycles. The summed E-state index contributed by atoms with van der Waals surface area (Å²) in [5.74, 6) is -0.713. The molecule has 0 aliphatic carbocycles. The van der Waals surface area contributed by atoms with Crippen LogP contribution in [0.5, 0.6) is 0 Å². The molecule has 1 rings (SSSR count). The zero-order valence-corrected chi connectivity index (χ0v) is 13.3. The van der Waals surface area contributed by atoms with Gasteiger partial charge in [-0.1, -0.05) is 39.5 Å². The van der Waals surface area contributed by atoms with Crippen LogP contribution >= 0.6 is 0 Å². The molecule has 0 aromatic rings. The molecule has 0 radical (unpaired) electrons. The van der Waals surface area contributed by atoms with Gasteiger partial charge in [-0.15, -0.1) is 0 Å². The average Bonchev–Trinajstić information content (AvgIpc) is 2.48. The molecule has 1 saturated heterocycles. The summed E-state index contributed by atoms with van der Waals surface area (Å²) in [6.07, 6.45) is 5.25. The van der Waals surface area contributed by atoms with Crippen LogP contribution in [-0.2, 0) is 4.79 Å². The highest BCUT2D eigenvalue weighted by atomic mass is 16.4. The first-order chi connectivity index (χ1) is 10.0. The maximum absolute atomic E-state index is 10.7. The maximum Gasteiger partial charge on any atom is 0.407 e. The van der Waals surface area contributed by atoms with Crippen LogP contribution in [0.25, 0.3) is 0 Å². The fraction of sp³-hybridized carbons (Fsp3) is 0.867. The minimum Gasteiger partial charge on any atom is -0.481 e. The van der Waals surface area contributed by atoms with Gasteiger partial charge in [0.1, 0.15) is 0 Å². The summed E-state index contributed by atoms with van der Waals surface area (Å²) in [5.41, 5.74) is 0. The SMILES string of the molecule is CCCCCC(CCC)C(=O)O.O=C(O)N1CCNCC1. The molecule has 1 atom stereocenters. The Bertz CT molecular complexity index is 291. The minimum atomic E-state index is -0.809.